The first-order valence-electron chi connectivity index (χ1n) is 6.92. The van der Waals surface area contributed by atoms with Crippen molar-refractivity contribution in [3.05, 3.63) is 84.8 Å². The molecule has 7 heteroatoms. The first-order valence-corrected chi connectivity index (χ1v) is 12.6. The minimum absolute atomic E-state index is 0.252. The Labute approximate surface area is 181 Å². The van der Waals surface area contributed by atoms with E-state index in [1.807, 2.05) is 45.3 Å². The molecular formula is C17H9Br3S4. The molecule has 0 amide bonds. The molecule has 0 bridgehead atoms. The highest BCUT2D eigenvalue weighted by Crippen LogP contribution is 2.54. The van der Waals surface area contributed by atoms with Crippen molar-refractivity contribution >= 4 is 93.1 Å². The molecule has 0 aliphatic heterocycles. The number of hydrogen-bond donors (Lipinski definition) is 0. The summed E-state index contributed by atoms with van der Waals surface area (Å²) >= 11 is 18.2. The van der Waals surface area contributed by atoms with E-state index >= 15 is 0 Å². The molecule has 4 aromatic heterocycles. The molecule has 0 fully saturated rings. The Hall–Kier alpha value is 0.240. The lowest BCUT2D eigenvalue weighted by atomic mass is 9.81. The van der Waals surface area contributed by atoms with Crippen LogP contribution in [0.2, 0.25) is 0 Å². The highest BCUT2D eigenvalue weighted by atomic mass is 79.9. The van der Waals surface area contributed by atoms with Gasteiger partial charge in [-0.15, -0.1) is 45.3 Å². The van der Waals surface area contributed by atoms with Crippen LogP contribution in [0.4, 0.5) is 0 Å². The van der Waals surface area contributed by atoms with Crippen LogP contribution < -0.4 is 0 Å². The lowest BCUT2D eigenvalue weighted by Gasteiger charge is -2.30. The smallest absolute Gasteiger partial charge is 0.107 e. The van der Waals surface area contributed by atoms with Gasteiger partial charge in [-0.2, -0.15) is 0 Å². The minimum atomic E-state index is -0.252. The molecule has 0 aromatic carbocycles. The molecule has 4 heterocycles. The zero-order valence-corrected chi connectivity index (χ0v) is 20.0. The van der Waals surface area contributed by atoms with E-state index in [2.05, 4.69) is 102 Å². The highest BCUT2D eigenvalue weighted by molar-refractivity contribution is 9.11. The Balaban J connectivity index is 2.10. The summed E-state index contributed by atoms with van der Waals surface area (Å²) in [7, 11) is 0. The summed E-state index contributed by atoms with van der Waals surface area (Å²) in [6, 6.07) is 17.6. The predicted octanol–water partition coefficient (Wildman–Crippen LogP) is 8.60. The predicted molar refractivity (Wildman–Crippen MR) is 119 cm³/mol. The molecule has 0 radical (unpaired) electrons. The number of hydrogen-bond acceptors (Lipinski definition) is 4. The van der Waals surface area contributed by atoms with Crippen LogP contribution in [0.15, 0.2) is 65.3 Å². The van der Waals surface area contributed by atoms with Gasteiger partial charge in [-0.05, 0) is 95.6 Å². The van der Waals surface area contributed by atoms with Crippen LogP contribution >= 0.6 is 93.1 Å². The summed E-state index contributed by atoms with van der Waals surface area (Å²) in [6.45, 7) is 0. The first-order chi connectivity index (χ1) is 11.6. The van der Waals surface area contributed by atoms with Gasteiger partial charge in [0.05, 0.1) is 11.4 Å². The third-order valence-electron chi connectivity index (χ3n) is 3.72. The van der Waals surface area contributed by atoms with Gasteiger partial charge in [-0.25, -0.2) is 0 Å². The van der Waals surface area contributed by atoms with Crippen molar-refractivity contribution in [2.75, 3.05) is 0 Å². The molecule has 4 rings (SSSR count). The summed E-state index contributed by atoms with van der Waals surface area (Å²) in [5, 5.41) is 2.16. The second-order valence-corrected chi connectivity index (χ2v) is 13.4. The molecule has 0 spiro atoms. The van der Waals surface area contributed by atoms with Gasteiger partial charge >= 0.3 is 0 Å². The second-order valence-electron chi connectivity index (χ2n) is 5.04. The van der Waals surface area contributed by atoms with Gasteiger partial charge in [0.25, 0.3) is 0 Å². The van der Waals surface area contributed by atoms with Crippen molar-refractivity contribution in [2.45, 2.75) is 5.41 Å². The molecule has 4 aromatic rings. The van der Waals surface area contributed by atoms with Crippen molar-refractivity contribution in [3.8, 4) is 0 Å². The van der Waals surface area contributed by atoms with Crippen LogP contribution in [0.5, 0.6) is 0 Å². The van der Waals surface area contributed by atoms with E-state index in [1.54, 1.807) is 0 Å². The van der Waals surface area contributed by atoms with Gasteiger partial charge < -0.3 is 0 Å². The summed E-state index contributed by atoms with van der Waals surface area (Å²) in [4.78, 5) is 5.35. The van der Waals surface area contributed by atoms with Gasteiger partial charge in [0.2, 0.25) is 0 Å². The first kappa shape index (κ1) is 17.6. The Morgan fingerprint density at radius 1 is 0.583 bits per heavy atom. The van der Waals surface area contributed by atoms with Crippen molar-refractivity contribution in [2.24, 2.45) is 0 Å². The summed E-state index contributed by atoms with van der Waals surface area (Å²) in [6.07, 6.45) is 0. The molecular weight excluding hydrogens is 572 g/mol. The van der Waals surface area contributed by atoms with Crippen LogP contribution in [0.1, 0.15) is 19.5 Å². The van der Waals surface area contributed by atoms with Gasteiger partial charge in [-0.3, -0.25) is 0 Å². The van der Waals surface area contributed by atoms with Crippen molar-refractivity contribution in [1.82, 2.24) is 0 Å². The topological polar surface area (TPSA) is 0 Å². The maximum atomic E-state index is 3.65. The van der Waals surface area contributed by atoms with Gasteiger partial charge in [-0.1, -0.05) is 6.07 Å². The number of halogens is 3. The highest BCUT2D eigenvalue weighted by Gasteiger charge is 2.43. The molecule has 0 atom stereocenters. The van der Waals surface area contributed by atoms with E-state index in [-0.39, 0.29) is 5.41 Å². The van der Waals surface area contributed by atoms with E-state index in [4.69, 9.17) is 0 Å². The number of rotatable bonds is 4. The molecule has 0 nitrogen and oxygen atoms in total. The monoisotopic (exact) mass is 578 g/mol. The second kappa shape index (κ2) is 7.10. The van der Waals surface area contributed by atoms with Crippen LogP contribution in [0.25, 0.3) is 0 Å². The van der Waals surface area contributed by atoms with Gasteiger partial charge in [0.15, 0.2) is 0 Å². The average Bonchev–Trinajstić information content (AvgIpc) is 3.30. The Kier molecular flexibility index (Phi) is 5.22. The molecule has 24 heavy (non-hydrogen) atoms. The summed E-state index contributed by atoms with van der Waals surface area (Å²) < 4.78 is 3.47. The quantitative estimate of drug-likeness (QED) is 0.227. The number of thiophene rings is 4. The van der Waals surface area contributed by atoms with E-state index < -0.39 is 0 Å². The minimum Gasteiger partial charge on any atom is -0.147 e. The van der Waals surface area contributed by atoms with E-state index in [0.29, 0.717) is 0 Å². The van der Waals surface area contributed by atoms with E-state index in [0.717, 1.165) is 11.4 Å². The maximum Gasteiger partial charge on any atom is 0.107 e. The maximum absolute atomic E-state index is 3.65. The summed E-state index contributed by atoms with van der Waals surface area (Å²) in [5.41, 5.74) is -0.252. The third kappa shape index (κ3) is 2.96. The SMILES string of the molecule is Brc1ccc(C(c2cccs2)(c2ccc(Br)s2)c2ccc(Br)s2)s1. The molecule has 0 saturated carbocycles. The van der Waals surface area contributed by atoms with Crippen molar-refractivity contribution in [3.63, 3.8) is 0 Å². The van der Waals surface area contributed by atoms with Crippen LogP contribution in [-0.4, -0.2) is 0 Å². The molecule has 122 valence electrons. The van der Waals surface area contributed by atoms with Gasteiger partial charge in [0.1, 0.15) is 5.41 Å². The normalized spacial score (nSPS) is 12.0. The van der Waals surface area contributed by atoms with E-state index in [1.165, 1.54) is 19.5 Å². The zero-order chi connectivity index (χ0) is 16.7. The molecule has 0 aliphatic rings. The van der Waals surface area contributed by atoms with Crippen molar-refractivity contribution < 1.29 is 0 Å². The molecule has 0 unspecified atom stereocenters. The summed E-state index contributed by atoms with van der Waals surface area (Å²) in [5.74, 6) is 0. The fraction of sp³-hybridized carbons (Fsp3) is 0.0588. The Morgan fingerprint density at radius 2 is 1.04 bits per heavy atom. The average molecular weight is 581 g/mol. The van der Waals surface area contributed by atoms with Crippen LogP contribution in [-0.2, 0) is 5.41 Å². The standard InChI is InChI=1S/C17H9Br3S4/c18-14-6-3-11(22-14)17(10-2-1-9-21-10,12-4-7-15(19)23-12)13-5-8-16(20)24-13/h1-9H. The molecule has 0 saturated heterocycles. The van der Waals surface area contributed by atoms with Gasteiger partial charge in [0, 0.05) is 19.5 Å². The molecule has 0 aliphatic carbocycles. The van der Waals surface area contributed by atoms with Crippen molar-refractivity contribution in [1.29, 1.82) is 0 Å². The lowest BCUT2D eigenvalue weighted by Crippen LogP contribution is -2.26. The Bertz CT molecular complexity index is 863. The largest absolute Gasteiger partial charge is 0.147 e. The zero-order valence-electron chi connectivity index (χ0n) is 12.0. The third-order valence-corrected chi connectivity index (χ3v) is 9.94. The fourth-order valence-electron chi connectivity index (χ4n) is 2.77. The fourth-order valence-corrected chi connectivity index (χ4v) is 8.98. The Morgan fingerprint density at radius 3 is 1.33 bits per heavy atom. The van der Waals surface area contributed by atoms with Crippen LogP contribution in [0.3, 0.4) is 0 Å². The van der Waals surface area contributed by atoms with Crippen LogP contribution in [0, 0.1) is 0 Å². The molecule has 0 N–H and O–H groups in total. The van der Waals surface area contributed by atoms with E-state index in [9.17, 15) is 0 Å². The lowest BCUT2D eigenvalue weighted by molar-refractivity contribution is 0.823.